The topological polar surface area (TPSA) is 54.3 Å². The van der Waals surface area contributed by atoms with Gasteiger partial charge in [0, 0.05) is 17.6 Å². The summed E-state index contributed by atoms with van der Waals surface area (Å²) in [5.41, 5.74) is 1.04. The smallest absolute Gasteiger partial charge is 0.233 e. The van der Waals surface area contributed by atoms with Crippen molar-refractivity contribution >= 4 is 29.0 Å². The molecule has 0 radical (unpaired) electrons. The molecule has 8 heteroatoms. The minimum Gasteiger partial charge on any atom is -0.340 e. The largest absolute Gasteiger partial charge is 0.340 e. The highest BCUT2D eigenvalue weighted by atomic mass is 32.2. The zero-order valence-corrected chi connectivity index (χ0v) is 18.2. The molecule has 3 heterocycles. The van der Waals surface area contributed by atoms with E-state index in [1.165, 1.54) is 29.5 Å². The first-order valence-electron chi connectivity index (χ1n) is 9.82. The van der Waals surface area contributed by atoms with Crippen LogP contribution in [0.5, 0.6) is 0 Å². The molecule has 2 aromatic heterocycles. The summed E-state index contributed by atoms with van der Waals surface area (Å²) in [6.07, 6.45) is 2.48. The molecule has 1 aliphatic heterocycles. The molecular formula is C21H25N5OS2. The minimum atomic E-state index is 0.0899. The Bertz CT molecular complexity index is 920. The zero-order valence-electron chi connectivity index (χ0n) is 16.5. The number of rotatable bonds is 8. The van der Waals surface area contributed by atoms with Crippen LogP contribution in [-0.4, -0.2) is 56.4 Å². The molecule has 1 aromatic carbocycles. The third kappa shape index (κ3) is 5.07. The Balaban J connectivity index is 1.47. The van der Waals surface area contributed by atoms with Crippen molar-refractivity contribution in [2.45, 2.75) is 31.1 Å². The van der Waals surface area contributed by atoms with Gasteiger partial charge < -0.3 is 4.90 Å². The molecule has 0 saturated carbocycles. The summed E-state index contributed by atoms with van der Waals surface area (Å²) >= 11 is 3.12. The molecule has 1 fully saturated rings. The van der Waals surface area contributed by atoms with Gasteiger partial charge in [0.25, 0.3) is 0 Å². The van der Waals surface area contributed by atoms with Crippen molar-refractivity contribution in [1.29, 1.82) is 0 Å². The molecule has 29 heavy (non-hydrogen) atoms. The molecule has 152 valence electrons. The van der Waals surface area contributed by atoms with E-state index < -0.39 is 0 Å². The van der Waals surface area contributed by atoms with E-state index in [0.717, 1.165) is 36.3 Å². The summed E-state index contributed by atoms with van der Waals surface area (Å²) in [4.78, 5) is 18.0. The first kappa shape index (κ1) is 20.1. The van der Waals surface area contributed by atoms with Crippen molar-refractivity contribution in [2.75, 3.05) is 25.9 Å². The van der Waals surface area contributed by atoms with Crippen molar-refractivity contribution in [3.63, 3.8) is 0 Å². The number of likely N-dealkylation sites (tertiary alicyclic amines) is 1. The quantitative estimate of drug-likeness (QED) is 0.514. The van der Waals surface area contributed by atoms with Crippen molar-refractivity contribution in [3.05, 3.63) is 58.5 Å². The van der Waals surface area contributed by atoms with Gasteiger partial charge in [-0.15, -0.1) is 21.5 Å². The lowest BCUT2D eigenvalue weighted by molar-refractivity contribution is -0.127. The van der Waals surface area contributed by atoms with Crippen LogP contribution in [-0.2, 0) is 17.9 Å². The Kier molecular flexibility index (Phi) is 6.63. The van der Waals surface area contributed by atoms with Crippen molar-refractivity contribution < 1.29 is 4.79 Å². The van der Waals surface area contributed by atoms with Crippen LogP contribution in [0.2, 0.25) is 0 Å². The molecule has 3 aromatic rings. The Morgan fingerprint density at radius 1 is 1.14 bits per heavy atom. The molecule has 0 N–H and O–H groups in total. The fraction of sp³-hybridized carbons (Fsp3) is 0.381. The highest BCUT2D eigenvalue weighted by molar-refractivity contribution is 7.99. The second-order valence-corrected chi connectivity index (χ2v) is 9.15. The first-order valence-corrected chi connectivity index (χ1v) is 11.7. The van der Waals surface area contributed by atoms with Crippen LogP contribution >= 0.6 is 23.1 Å². The van der Waals surface area contributed by atoms with Crippen molar-refractivity contribution in [3.8, 4) is 5.69 Å². The predicted molar refractivity (Wildman–Crippen MR) is 117 cm³/mol. The van der Waals surface area contributed by atoms with E-state index in [2.05, 4.69) is 37.9 Å². The summed E-state index contributed by atoms with van der Waals surface area (Å²) in [5.74, 6) is 1.36. The van der Waals surface area contributed by atoms with Gasteiger partial charge in [-0.3, -0.25) is 14.3 Å². The number of para-hydroxylation sites is 1. The highest BCUT2D eigenvalue weighted by Crippen LogP contribution is 2.24. The maximum atomic E-state index is 12.6. The molecule has 1 aliphatic rings. The number of thioether (sulfide) groups is 1. The number of aromatic nitrogens is 3. The molecule has 6 nitrogen and oxygen atoms in total. The number of carbonyl (C=O) groups is 1. The molecule has 0 bridgehead atoms. The Hall–Kier alpha value is -2.16. The fourth-order valence-corrected chi connectivity index (χ4v) is 5.10. The SMILES string of the molecule is CN(Cc1cccs1)C(=O)CSc1nnc(CN2CCCC2)n1-c1ccccc1. The van der Waals surface area contributed by atoms with Crippen LogP contribution in [0.4, 0.5) is 0 Å². The van der Waals surface area contributed by atoms with E-state index in [1.54, 1.807) is 16.2 Å². The molecule has 0 spiro atoms. The molecule has 0 aliphatic carbocycles. The van der Waals surface area contributed by atoms with Crippen LogP contribution in [0, 0.1) is 0 Å². The third-order valence-corrected chi connectivity index (χ3v) is 6.78. The zero-order chi connectivity index (χ0) is 20.1. The number of hydrogen-bond acceptors (Lipinski definition) is 6. The van der Waals surface area contributed by atoms with Crippen molar-refractivity contribution in [2.24, 2.45) is 0 Å². The van der Waals surface area contributed by atoms with Crippen LogP contribution in [0.3, 0.4) is 0 Å². The second-order valence-electron chi connectivity index (χ2n) is 7.17. The van der Waals surface area contributed by atoms with E-state index >= 15 is 0 Å². The van der Waals surface area contributed by atoms with Crippen molar-refractivity contribution in [1.82, 2.24) is 24.6 Å². The molecule has 4 rings (SSSR count). The summed E-state index contributed by atoms with van der Waals surface area (Å²) < 4.78 is 2.09. The van der Waals surface area contributed by atoms with Gasteiger partial charge >= 0.3 is 0 Å². The lowest BCUT2D eigenvalue weighted by atomic mass is 10.3. The lowest BCUT2D eigenvalue weighted by Gasteiger charge is -2.17. The predicted octanol–water partition coefficient (Wildman–Crippen LogP) is 3.68. The number of amides is 1. The standard InChI is InChI=1S/C21H25N5OS2/c1-24(14-18-10-7-13-28-18)20(27)16-29-21-23-22-19(15-25-11-5-6-12-25)26(21)17-8-3-2-4-9-17/h2-4,7-10,13H,5-6,11-12,14-16H2,1H3. The average Bonchev–Trinajstić information content (AvgIpc) is 3.50. The number of benzene rings is 1. The minimum absolute atomic E-state index is 0.0899. The Morgan fingerprint density at radius 3 is 2.66 bits per heavy atom. The summed E-state index contributed by atoms with van der Waals surface area (Å²) in [6.45, 7) is 3.64. The Morgan fingerprint density at radius 2 is 1.93 bits per heavy atom. The van der Waals surface area contributed by atoms with Gasteiger partial charge in [-0.2, -0.15) is 0 Å². The maximum absolute atomic E-state index is 12.6. The number of hydrogen-bond donors (Lipinski definition) is 0. The van der Waals surface area contributed by atoms with E-state index in [1.807, 2.05) is 36.7 Å². The van der Waals surface area contributed by atoms with Gasteiger partial charge in [-0.25, -0.2) is 0 Å². The number of nitrogens with zero attached hydrogens (tertiary/aromatic N) is 5. The van der Waals surface area contributed by atoms with E-state index in [-0.39, 0.29) is 5.91 Å². The number of thiophene rings is 1. The summed E-state index contributed by atoms with van der Waals surface area (Å²) in [7, 11) is 1.85. The highest BCUT2D eigenvalue weighted by Gasteiger charge is 2.20. The second kappa shape index (κ2) is 9.56. The molecule has 1 amide bonds. The summed E-state index contributed by atoms with van der Waals surface area (Å²) in [6, 6.07) is 14.2. The van der Waals surface area contributed by atoms with E-state index in [4.69, 9.17) is 0 Å². The summed E-state index contributed by atoms with van der Waals surface area (Å²) in [5, 5.41) is 11.7. The Labute approximate surface area is 179 Å². The first-order chi connectivity index (χ1) is 14.2. The number of carbonyl (C=O) groups excluding carboxylic acids is 1. The normalized spacial score (nSPS) is 14.4. The van der Waals surface area contributed by atoms with Gasteiger partial charge in [0.1, 0.15) is 0 Å². The van der Waals surface area contributed by atoms with Crippen LogP contribution < -0.4 is 0 Å². The van der Waals surface area contributed by atoms with Gasteiger partial charge in [-0.1, -0.05) is 36.0 Å². The third-order valence-electron chi connectivity index (χ3n) is 5.00. The van der Waals surface area contributed by atoms with E-state index in [0.29, 0.717) is 12.3 Å². The van der Waals surface area contributed by atoms with Gasteiger partial charge in [-0.05, 0) is 49.5 Å². The van der Waals surface area contributed by atoms with Crippen LogP contribution in [0.15, 0.2) is 53.0 Å². The van der Waals surface area contributed by atoms with Gasteiger partial charge in [0.2, 0.25) is 5.91 Å². The fourth-order valence-electron chi connectivity index (χ4n) is 3.43. The lowest BCUT2D eigenvalue weighted by Crippen LogP contribution is -2.27. The molecular weight excluding hydrogens is 402 g/mol. The van der Waals surface area contributed by atoms with Crippen LogP contribution in [0.25, 0.3) is 5.69 Å². The molecule has 0 unspecified atom stereocenters. The van der Waals surface area contributed by atoms with Gasteiger partial charge in [0.05, 0.1) is 18.8 Å². The van der Waals surface area contributed by atoms with E-state index in [9.17, 15) is 4.79 Å². The monoisotopic (exact) mass is 427 g/mol. The maximum Gasteiger partial charge on any atom is 0.233 e. The molecule has 0 atom stereocenters. The van der Waals surface area contributed by atoms with Crippen LogP contribution in [0.1, 0.15) is 23.5 Å². The van der Waals surface area contributed by atoms with Gasteiger partial charge in [0.15, 0.2) is 11.0 Å². The average molecular weight is 428 g/mol. The molecule has 1 saturated heterocycles.